The second-order valence-corrected chi connectivity index (χ2v) is 5.21. The largest absolute Gasteiger partial charge is 0.501 e. The van der Waals surface area contributed by atoms with Gasteiger partial charge in [-0.3, -0.25) is 10.1 Å². The number of nitro groups is 1. The summed E-state index contributed by atoms with van der Waals surface area (Å²) in [5, 5.41) is 10.8. The molecule has 0 amide bonds. The Labute approximate surface area is 139 Å². The molecule has 0 spiro atoms. The monoisotopic (exact) mass is 349 g/mol. The fourth-order valence-electron chi connectivity index (χ4n) is 2.50. The summed E-state index contributed by atoms with van der Waals surface area (Å²) in [6.45, 7) is 1.44. The van der Waals surface area contributed by atoms with E-state index in [1.807, 2.05) is 0 Å². The number of benzene rings is 2. The van der Waals surface area contributed by atoms with Gasteiger partial charge in [-0.15, -0.1) is 9.36 Å². The van der Waals surface area contributed by atoms with Crippen molar-refractivity contribution in [2.75, 3.05) is 0 Å². The number of rotatable bonds is 3. The third kappa shape index (κ3) is 3.08. The van der Waals surface area contributed by atoms with Crippen molar-refractivity contribution in [3.05, 3.63) is 76.4 Å². The second kappa shape index (κ2) is 6.00. The minimum Gasteiger partial charge on any atom is -0.258 e. The molecule has 2 aromatic carbocycles. The molecule has 0 saturated heterocycles. The van der Waals surface area contributed by atoms with E-state index in [1.165, 1.54) is 48.0 Å². The third-order valence-corrected chi connectivity index (χ3v) is 3.53. The van der Waals surface area contributed by atoms with Gasteiger partial charge in [0.05, 0.1) is 10.6 Å². The molecule has 1 aromatic heterocycles. The van der Waals surface area contributed by atoms with Gasteiger partial charge in [-0.2, -0.15) is 13.2 Å². The summed E-state index contributed by atoms with van der Waals surface area (Å²) in [7, 11) is 0. The minimum absolute atomic E-state index is 0.102. The van der Waals surface area contributed by atoms with Gasteiger partial charge in [0.1, 0.15) is 0 Å². The first-order valence-electron chi connectivity index (χ1n) is 7.18. The fraction of sp³-hybridized carbons (Fsp3) is 0.125. The second-order valence-electron chi connectivity index (χ2n) is 5.21. The van der Waals surface area contributed by atoms with E-state index in [2.05, 4.69) is 4.98 Å². The van der Waals surface area contributed by atoms with E-state index in [0.29, 0.717) is 5.69 Å². The van der Waals surface area contributed by atoms with Gasteiger partial charge in [-0.1, -0.05) is 18.2 Å². The van der Waals surface area contributed by atoms with E-state index in [-0.39, 0.29) is 17.2 Å². The van der Waals surface area contributed by atoms with Gasteiger partial charge in [0.15, 0.2) is 5.69 Å². The van der Waals surface area contributed by atoms with Crippen LogP contribution in [0, 0.1) is 17.0 Å². The number of hydrogen-bond acceptors (Lipinski definition) is 3. The van der Waals surface area contributed by atoms with Gasteiger partial charge in [-0.25, -0.2) is 0 Å². The van der Waals surface area contributed by atoms with Crippen molar-refractivity contribution in [1.82, 2.24) is 9.67 Å². The highest BCUT2D eigenvalue weighted by atomic mass is 19.4. The number of hydrogen-bond donors (Lipinski definition) is 0. The lowest BCUT2D eigenvalue weighted by molar-refractivity contribution is -0.695. The molecule has 6 nitrogen and oxygen atoms in total. The zero-order valence-electron chi connectivity index (χ0n) is 12.9. The Morgan fingerprint density at radius 3 is 2.20 bits per heavy atom. The van der Waals surface area contributed by atoms with E-state index in [0.717, 1.165) is 4.68 Å². The van der Waals surface area contributed by atoms with Crippen LogP contribution in [0.15, 0.2) is 54.6 Å². The molecular formula is C16H12F3N4O2+. The average Bonchev–Trinajstić information content (AvgIpc) is 2.93. The van der Waals surface area contributed by atoms with Crippen molar-refractivity contribution in [2.24, 2.45) is 0 Å². The molecular weight excluding hydrogens is 337 g/mol. The third-order valence-electron chi connectivity index (χ3n) is 3.53. The van der Waals surface area contributed by atoms with Crippen LogP contribution in [0.3, 0.4) is 0 Å². The molecule has 0 aliphatic carbocycles. The number of aryl methyl sites for hydroxylation is 1. The Balaban J connectivity index is 2.26. The quantitative estimate of drug-likeness (QED) is 0.414. The Hall–Kier alpha value is -3.23. The van der Waals surface area contributed by atoms with Crippen LogP contribution in [-0.4, -0.2) is 14.6 Å². The maximum absolute atomic E-state index is 13.4. The molecule has 0 N–H and O–H groups in total. The van der Waals surface area contributed by atoms with Crippen molar-refractivity contribution in [2.45, 2.75) is 13.1 Å². The lowest BCUT2D eigenvalue weighted by Crippen LogP contribution is -2.46. The normalized spacial score (nSPS) is 11.5. The molecule has 0 atom stereocenters. The minimum atomic E-state index is -4.66. The summed E-state index contributed by atoms with van der Waals surface area (Å²) in [6.07, 6.45) is -4.66. The van der Waals surface area contributed by atoms with E-state index >= 15 is 0 Å². The highest BCUT2D eigenvalue weighted by Gasteiger charge is 2.48. The number of aromatic nitrogens is 3. The lowest BCUT2D eigenvalue weighted by atomic mass is 10.3. The number of alkyl halides is 3. The summed E-state index contributed by atoms with van der Waals surface area (Å²) < 4.78 is 42.5. The Bertz CT molecular complexity index is 919. The standard InChI is InChI=1S/C16H12F3N4O2/c1-11-20-15(16(17,18)19)22(12-5-3-2-4-6-12)21(11)13-7-9-14(10-8-13)23(24)25/h2-10H,1H3/q+1. The first-order chi connectivity index (χ1) is 11.8. The van der Waals surface area contributed by atoms with Gasteiger partial charge in [0.25, 0.3) is 11.5 Å². The molecule has 9 heteroatoms. The van der Waals surface area contributed by atoms with Crippen LogP contribution in [0.5, 0.6) is 0 Å². The molecule has 3 rings (SSSR count). The molecule has 0 aliphatic rings. The fourth-order valence-corrected chi connectivity index (χ4v) is 2.50. The molecule has 0 fully saturated rings. The average molecular weight is 349 g/mol. The predicted octanol–water partition coefficient (Wildman–Crippen LogP) is 3.38. The van der Waals surface area contributed by atoms with Crippen LogP contribution in [0.4, 0.5) is 18.9 Å². The van der Waals surface area contributed by atoms with Gasteiger partial charge in [0, 0.05) is 19.1 Å². The lowest BCUT2D eigenvalue weighted by Gasteiger charge is -2.08. The first kappa shape index (κ1) is 16.6. The first-order valence-corrected chi connectivity index (χ1v) is 7.18. The molecule has 0 radical (unpaired) electrons. The predicted molar refractivity (Wildman–Crippen MR) is 81.5 cm³/mol. The molecule has 3 aromatic rings. The summed E-state index contributed by atoms with van der Waals surface area (Å²) >= 11 is 0. The van der Waals surface area contributed by atoms with Crippen LogP contribution in [0.2, 0.25) is 0 Å². The van der Waals surface area contributed by atoms with Crippen LogP contribution in [0.1, 0.15) is 11.6 Å². The maximum Gasteiger partial charge on any atom is 0.501 e. The molecule has 0 saturated carbocycles. The SMILES string of the molecule is Cc1nc(C(F)(F)F)[n+](-c2ccccc2)n1-c1ccc([N+](=O)[O-])cc1. The van der Waals surface area contributed by atoms with E-state index in [9.17, 15) is 23.3 Å². The zero-order chi connectivity index (χ0) is 18.2. The summed E-state index contributed by atoms with van der Waals surface area (Å²) in [5.41, 5.74) is 0.451. The molecule has 0 bridgehead atoms. The van der Waals surface area contributed by atoms with Crippen molar-refractivity contribution in [3.8, 4) is 11.4 Å². The molecule has 128 valence electrons. The number of nitrogens with zero attached hydrogens (tertiary/aromatic N) is 4. The van der Waals surface area contributed by atoms with Crippen molar-refractivity contribution >= 4 is 5.69 Å². The van der Waals surface area contributed by atoms with Gasteiger partial charge < -0.3 is 0 Å². The molecule has 0 aliphatic heterocycles. The van der Waals surface area contributed by atoms with E-state index < -0.39 is 16.9 Å². The summed E-state index contributed by atoms with van der Waals surface area (Å²) in [5.74, 6) is -0.973. The van der Waals surface area contributed by atoms with Crippen LogP contribution < -0.4 is 4.68 Å². The number of para-hydroxylation sites is 1. The smallest absolute Gasteiger partial charge is 0.258 e. The van der Waals surface area contributed by atoms with Crippen LogP contribution in [-0.2, 0) is 6.18 Å². The molecule has 25 heavy (non-hydrogen) atoms. The Kier molecular flexibility index (Phi) is 3.99. The van der Waals surface area contributed by atoms with Crippen molar-refractivity contribution in [3.63, 3.8) is 0 Å². The van der Waals surface area contributed by atoms with E-state index in [4.69, 9.17) is 0 Å². The highest BCUT2D eigenvalue weighted by Crippen LogP contribution is 2.27. The molecule has 1 heterocycles. The summed E-state index contributed by atoms with van der Waals surface area (Å²) in [4.78, 5) is 13.9. The van der Waals surface area contributed by atoms with Gasteiger partial charge in [-0.05, 0) is 29.2 Å². The van der Waals surface area contributed by atoms with Crippen LogP contribution in [0.25, 0.3) is 11.4 Å². The van der Waals surface area contributed by atoms with E-state index in [1.54, 1.807) is 18.2 Å². The van der Waals surface area contributed by atoms with Crippen LogP contribution >= 0.6 is 0 Å². The number of non-ortho nitro benzene ring substituents is 1. The number of nitro benzene ring substituents is 1. The van der Waals surface area contributed by atoms with Crippen molar-refractivity contribution in [1.29, 1.82) is 0 Å². The van der Waals surface area contributed by atoms with Gasteiger partial charge >= 0.3 is 12.0 Å². The Morgan fingerprint density at radius 1 is 1.08 bits per heavy atom. The topological polar surface area (TPSA) is 64.8 Å². The maximum atomic E-state index is 13.4. The van der Waals surface area contributed by atoms with Crippen molar-refractivity contribution < 1.29 is 22.8 Å². The summed E-state index contributed by atoms with van der Waals surface area (Å²) in [6, 6.07) is 13.2. The number of halogens is 3. The Morgan fingerprint density at radius 2 is 1.68 bits per heavy atom. The molecule has 0 unspecified atom stereocenters. The zero-order valence-corrected chi connectivity index (χ0v) is 12.9. The highest BCUT2D eigenvalue weighted by molar-refractivity contribution is 5.40. The van der Waals surface area contributed by atoms with Gasteiger partial charge in [0.2, 0.25) is 0 Å².